The maximum Gasteiger partial charge on any atom is 0.239 e. The van der Waals surface area contributed by atoms with Crippen LogP contribution in [0.4, 0.5) is 5.82 Å². The standard InChI is InChI=1S/C13H20N4O/c1-9(2)11-4-3-10(7-14)13(16-11)17-6-5-15-12(18)8-17/h3-4,9H,5-8,14H2,1-2H3,(H,15,18). The van der Waals surface area contributed by atoms with E-state index in [1.165, 1.54) is 0 Å². The van der Waals surface area contributed by atoms with Crippen LogP contribution in [0, 0.1) is 0 Å². The highest BCUT2D eigenvalue weighted by Gasteiger charge is 2.20. The van der Waals surface area contributed by atoms with Crippen molar-refractivity contribution >= 4 is 11.7 Å². The second-order valence-corrected chi connectivity index (χ2v) is 4.85. The lowest BCUT2D eigenvalue weighted by atomic mass is 10.1. The molecule has 2 heterocycles. The first-order valence-corrected chi connectivity index (χ1v) is 6.33. The number of nitrogens with one attached hydrogen (secondary N) is 1. The SMILES string of the molecule is CC(C)c1ccc(CN)c(N2CCNC(=O)C2)n1. The third-order valence-electron chi connectivity index (χ3n) is 3.13. The summed E-state index contributed by atoms with van der Waals surface area (Å²) in [6, 6.07) is 4.03. The highest BCUT2D eigenvalue weighted by Crippen LogP contribution is 2.22. The van der Waals surface area contributed by atoms with E-state index in [4.69, 9.17) is 5.73 Å². The smallest absolute Gasteiger partial charge is 0.239 e. The maximum atomic E-state index is 11.5. The summed E-state index contributed by atoms with van der Waals surface area (Å²) < 4.78 is 0. The molecule has 0 saturated carbocycles. The number of pyridine rings is 1. The molecule has 1 fully saturated rings. The molecule has 18 heavy (non-hydrogen) atoms. The number of aromatic nitrogens is 1. The Balaban J connectivity index is 2.33. The number of hydrogen-bond acceptors (Lipinski definition) is 4. The average molecular weight is 248 g/mol. The summed E-state index contributed by atoms with van der Waals surface area (Å²) in [5, 5.41) is 2.82. The number of piperazine rings is 1. The summed E-state index contributed by atoms with van der Waals surface area (Å²) >= 11 is 0. The van der Waals surface area contributed by atoms with Crippen LogP contribution in [0.5, 0.6) is 0 Å². The van der Waals surface area contributed by atoms with Crippen molar-refractivity contribution in [3.8, 4) is 0 Å². The lowest BCUT2D eigenvalue weighted by Gasteiger charge is -2.29. The molecule has 1 amide bonds. The molecule has 5 heteroatoms. The normalized spacial score (nSPS) is 16.0. The van der Waals surface area contributed by atoms with Crippen molar-refractivity contribution in [2.45, 2.75) is 26.3 Å². The van der Waals surface area contributed by atoms with E-state index in [1.807, 2.05) is 17.0 Å². The number of amides is 1. The first-order chi connectivity index (χ1) is 8.61. The molecule has 98 valence electrons. The van der Waals surface area contributed by atoms with Gasteiger partial charge >= 0.3 is 0 Å². The van der Waals surface area contributed by atoms with Gasteiger partial charge in [0.15, 0.2) is 0 Å². The fourth-order valence-corrected chi connectivity index (χ4v) is 2.07. The minimum absolute atomic E-state index is 0.0426. The van der Waals surface area contributed by atoms with E-state index in [0.717, 1.165) is 23.6 Å². The van der Waals surface area contributed by atoms with E-state index >= 15 is 0 Å². The third kappa shape index (κ3) is 2.61. The highest BCUT2D eigenvalue weighted by molar-refractivity contribution is 5.82. The van der Waals surface area contributed by atoms with Gasteiger partial charge in [-0.15, -0.1) is 0 Å². The molecular weight excluding hydrogens is 228 g/mol. The average Bonchev–Trinajstić information content (AvgIpc) is 2.38. The van der Waals surface area contributed by atoms with Crippen molar-refractivity contribution in [1.82, 2.24) is 10.3 Å². The number of hydrogen-bond donors (Lipinski definition) is 2. The Morgan fingerprint density at radius 2 is 2.28 bits per heavy atom. The van der Waals surface area contributed by atoms with Crippen LogP contribution in [0.25, 0.3) is 0 Å². The van der Waals surface area contributed by atoms with Crippen molar-refractivity contribution in [3.05, 3.63) is 23.4 Å². The highest BCUT2D eigenvalue weighted by atomic mass is 16.2. The molecule has 0 aliphatic carbocycles. The minimum atomic E-state index is 0.0426. The third-order valence-corrected chi connectivity index (χ3v) is 3.13. The Bertz CT molecular complexity index is 445. The van der Waals surface area contributed by atoms with E-state index in [1.54, 1.807) is 0 Å². The van der Waals surface area contributed by atoms with Crippen LogP contribution < -0.4 is 16.0 Å². The maximum absolute atomic E-state index is 11.5. The zero-order valence-corrected chi connectivity index (χ0v) is 10.9. The quantitative estimate of drug-likeness (QED) is 0.821. The van der Waals surface area contributed by atoms with Crippen molar-refractivity contribution in [1.29, 1.82) is 0 Å². The number of rotatable bonds is 3. The zero-order valence-electron chi connectivity index (χ0n) is 10.9. The first kappa shape index (κ1) is 12.8. The molecule has 1 saturated heterocycles. The molecular formula is C13H20N4O. The Morgan fingerprint density at radius 1 is 1.50 bits per heavy atom. The molecule has 0 bridgehead atoms. The van der Waals surface area contributed by atoms with Crippen molar-refractivity contribution < 1.29 is 4.79 Å². The number of anilines is 1. The van der Waals surface area contributed by atoms with Crippen LogP contribution in [-0.2, 0) is 11.3 Å². The topological polar surface area (TPSA) is 71.2 Å². The summed E-state index contributed by atoms with van der Waals surface area (Å²) in [7, 11) is 0. The van der Waals surface area contributed by atoms with Gasteiger partial charge in [0.2, 0.25) is 5.91 Å². The molecule has 3 N–H and O–H groups in total. The lowest BCUT2D eigenvalue weighted by Crippen LogP contribution is -2.48. The fraction of sp³-hybridized carbons (Fsp3) is 0.538. The summed E-state index contributed by atoms with van der Waals surface area (Å²) in [6.07, 6.45) is 0. The van der Waals surface area contributed by atoms with Crippen molar-refractivity contribution in [2.24, 2.45) is 5.73 Å². The molecule has 2 rings (SSSR count). The van der Waals surface area contributed by atoms with E-state index in [-0.39, 0.29) is 5.91 Å². The molecule has 0 radical (unpaired) electrons. The van der Waals surface area contributed by atoms with Gasteiger partial charge in [0.05, 0.1) is 6.54 Å². The Morgan fingerprint density at radius 3 is 2.89 bits per heavy atom. The van der Waals surface area contributed by atoms with Crippen LogP contribution >= 0.6 is 0 Å². The van der Waals surface area contributed by atoms with E-state index in [0.29, 0.717) is 25.6 Å². The van der Waals surface area contributed by atoms with Gasteiger partial charge < -0.3 is 16.0 Å². The summed E-state index contributed by atoms with van der Waals surface area (Å²) in [4.78, 5) is 18.1. The van der Waals surface area contributed by atoms with E-state index in [2.05, 4.69) is 24.1 Å². The molecule has 1 aromatic heterocycles. The molecule has 0 unspecified atom stereocenters. The summed E-state index contributed by atoms with van der Waals surface area (Å²) in [5.41, 5.74) is 7.78. The minimum Gasteiger partial charge on any atom is -0.353 e. The molecule has 1 aliphatic heterocycles. The molecule has 1 aliphatic rings. The van der Waals surface area contributed by atoms with Crippen LogP contribution in [0.2, 0.25) is 0 Å². The predicted molar refractivity (Wildman–Crippen MR) is 71.4 cm³/mol. The molecule has 0 aromatic carbocycles. The monoisotopic (exact) mass is 248 g/mol. The van der Waals surface area contributed by atoms with Gasteiger partial charge in [0, 0.05) is 30.9 Å². The fourth-order valence-electron chi connectivity index (χ4n) is 2.07. The molecule has 1 aromatic rings. The van der Waals surface area contributed by atoms with Crippen LogP contribution in [0.1, 0.15) is 31.0 Å². The molecule has 0 spiro atoms. The number of carbonyl (C=O) groups is 1. The van der Waals surface area contributed by atoms with Gasteiger partial charge in [-0.3, -0.25) is 4.79 Å². The van der Waals surface area contributed by atoms with Crippen LogP contribution in [-0.4, -0.2) is 30.5 Å². The van der Waals surface area contributed by atoms with Gasteiger partial charge in [-0.1, -0.05) is 19.9 Å². The van der Waals surface area contributed by atoms with Crippen LogP contribution in [0.15, 0.2) is 12.1 Å². The lowest BCUT2D eigenvalue weighted by molar-refractivity contribution is -0.120. The Kier molecular flexibility index (Phi) is 3.81. The molecule has 5 nitrogen and oxygen atoms in total. The zero-order chi connectivity index (χ0) is 13.1. The van der Waals surface area contributed by atoms with Crippen LogP contribution in [0.3, 0.4) is 0 Å². The summed E-state index contributed by atoms with van der Waals surface area (Å²) in [5.74, 6) is 1.27. The molecule has 0 atom stereocenters. The Labute approximate surface area is 107 Å². The van der Waals surface area contributed by atoms with Gasteiger partial charge in [0.25, 0.3) is 0 Å². The van der Waals surface area contributed by atoms with E-state index < -0.39 is 0 Å². The van der Waals surface area contributed by atoms with Gasteiger partial charge in [-0.2, -0.15) is 0 Å². The van der Waals surface area contributed by atoms with Gasteiger partial charge in [-0.05, 0) is 12.0 Å². The Hall–Kier alpha value is -1.62. The van der Waals surface area contributed by atoms with Crippen molar-refractivity contribution in [2.75, 3.05) is 24.5 Å². The van der Waals surface area contributed by atoms with Gasteiger partial charge in [0.1, 0.15) is 5.82 Å². The van der Waals surface area contributed by atoms with Gasteiger partial charge in [-0.25, -0.2) is 4.98 Å². The number of nitrogens with two attached hydrogens (primary N) is 1. The number of carbonyl (C=O) groups excluding carboxylic acids is 1. The second-order valence-electron chi connectivity index (χ2n) is 4.85. The largest absolute Gasteiger partial charge is 0.353 e. The van der Waals surface area contributed by atoms with Crippen molar-refractivity contribution in [3.63, 3.8) is 0 Å². The summed E-state index contributed by atoms with van der Waals surface area (Å²) in [6.45, 7) is 6.47. The number of nitrogens with zero attached hydrogens (tertiary/aromatic N) is 2. The predicted octanol–water partition coefficient (Wildman–Crippen LogP) is 0.600. The van der Waals surface area contributed by atoms with E-state index in [9.17, 15) is 4.79 Å². The first-order valence-electron chi connectivity index (χ1n) is 6.33. The second kappa shape index (κ2) is 5.35.